The number of aryl methyl sites for hydroxylation is 1. The number of aromatic carboxylic acids is 1. The predicted molar refractivity (Wildman–Crippen MR) is 129 cm³/mol. The average Bonchev–Trinajstić information content (AvgIpc) is 2.87. The van der Waals surface area contributed by atoms with E-state index in [1.807, 2.05) is 79.7 Å². The first-order valence-electron chi connectivity index (χ1n) is 10.8. The molecule has 0 bridgehead atoms. The second-order valence-corrected chi connectivity index (χ2v) is 7.73. The third-order valence-corrected chi connectivity index (χ3v) is 5.30. The quantitative estimate of drug-likeness (QED) is 0.337. The molecule has 0 fully saturated rings. The maximum atomic E-state index is 11.8. The maximum Gasteiger partial charge on any atom is 0.337 e. The van der Waals surface area contributed by atoms with Crippen LogP contribution in [0.1, 0.15) is 27.2 Å². The largest absolute Gasteiger partial charge is 0.497 e. The number of methoxy groups -OCH3 is 1. The van der Waals surface area contributed by atoms with Gasteiger partial charge in [-0.15, -0.1) is 0 Å². The third-order valence-electron chi connectivity index (χ3n) is 5.30. The summed E-state index contributed by atoms with van der Waals surface area (Å²) < 4.78 is 17.3. The summed E-state index contributed by atoms with van der Waals surface area (Å²) in [5, 5.41) is 9.67. The number of benzene rings is 3. The number of carboxylic acid groups (broad SMARTS) is 1. The van der Waals surface area contributed by atoms with E-state index in [0.717, 1.165) is 11.1 Å². The van der Waals surface area contributed by atoms with Crippen LogP contribution >= 0.6 is 0 Å². The molecule has 6 heteroatoms. The number of hydrogen-bond acceptors (Lipinski definition) is 5. The van der Waals surface area contributed by atoms with E-state index in [4.69, 9.17) is 14.2 Å². The number of ether oxygens (including phenoxy) is 3. The summed E-state index contributed by atoms with van der Waals surface area (Å²) in [6.07, 6.45) is 0. The highest BCUT2D eigenvalue weighted by Gasteiger charge is 2.17. The summed E-state index contributed by atoms with van der Waals surface area (Å²) in [7, 11) is 1.59. The van der Waals surface area contributed by atoms with Crippen molar-refractivity contribution in [2.24, 2.45) is 0 Å². The van der Waals surface area contributed by atoms with Gasteiger partial charge >= 0.3 is 5.97 Å². The number of carbonyl (C=O) groups is 1. The molecule has 3 aromatic carbocycles. The Morgan fingerprint density at radius 3 is 2.29 bits per heavy atom. The van der Waals surface area contributed by atoms with Gasteiger partial charge in [0.15, 0.2) is 0 Å². The minimum absolute atomic E-state index is 0.0166. The van der Waals surface area contributed by atoms with Gasteiger partial charge in [-0.3, -0.25) is 0 Å². The van der Waals surface area contributed by atoms with Crippen LogP contribution < -0.4 is 14.2 Å². The summed E-state index contributed by atoms with van der Waals surface area (Å²) in [6, 6.07) is 26.1. The fourth-order valence-corrected chi connectivity index (χ4v) is 3.44. The SMILES string of the molecule is COc1ccc(OCc2ccccc2)c(-c2ccc(C(=O)O)c(COc3ccc(C)cc3)n2)c1. The van der Waals surface area contributed by atoms with E-state index in [9.17, 15) is 9.90 Å². The molecule has 0 saturated carbocycles. The number of nitrogens with zero attached hydrogens (tertiary/aromatic N) is 1. The fourth-order valence-electron chi connectivity index (χ4n) is 3.44. The minimum atomic E-state index is -1.06. The zero-order valence-electron chi connectivity index (χ0n) is 19.0. The van der Waals surface area contributed by atoms with Gasteiger partial charge < -0.3 is 19.3 Å². The lowest BCUT2D eigenvalue weighted by atomic mass is 10.1. The molecule has 0 amide bonds. The minimum Gasteiger partial charge on any atom is -0.497 e. The van der Waals surface area contributed by atoms with Crippen molar-refractivity contribution >= 4 is 5.97 Å². The van der Waals surface area contributed by atoms with Crippen molar-refractivity contribution in [3.05, 3.63) is 107 Å². The standard InChI is InChI=1S/C28H25NO5/c1-19-8-10-21(11-9-19)33-18-26-23(28(30)31)13-14-25(29-26)24-16-22(32-2)12-15-27(24)34-17-20-6-4-3-5-7-20/h3-16H,17-18H2,1-2H3,(H,30,31). The molecule has 0 aliphatic heterocycles. The molecular formula is C28H25NO5. The molecule has 0 spiro atoms. The number of rotatable bonds is 9. The molecule has 1 aromatic heterocycles. The molecule has 4 rings (SSSR count). The molecule has 0 saturated heterocycles. The van der Waals surface area contributed by atoms with Gasteiger partial charge in [0, 0.05) is 5.56 Å². The molecule has 1 heterocycles. The Balaban J connectivity index is 1.66. The summed E-state index contributed by atoms with van der Waals surface area (Å²) in [5.74, 6) is 0.837. The number of pyridine rings is 1. The molecule has 0 aliphatic carbocycles. The molecule has 6 nitrogen and oxygen atoms in total. The van der Waals surface area contributed by atoms with Gasteiger partial charge in [0.2, 0.25) is 0 Å². The molecule has 0 unspecified atom stereocenters. The van der Waals surface area contributed by atoms with Crippen LogP contribution in [0.15, 0.2) is 84.9 Å². The Hall–Kier alpha value is -4.32. The summed E-state index contributed by atoms with van der Waals surface area (Å²) in [5.41, 5.74) is 3.82. The first-order chi connectivity index (χ1) is 16.5. The molecule has 4 aromatic rings. The van der Waals surface area contributed by atoms with Crippen molar-refractivity contribution in [1.29, 1.82) is 0 Å². The Labute approximate surface area is 198 Å². The Kier molecular flexibility index (Phi) is 7.08. The summed E-state index contributed by atoms with van der Waals surface area (Å²) >= 11 is 0. The average molecular weight is 456 g/mol. The van der Waals surface area contributed by atoms with Crippen LogP contribution in [0.5, 0.6) is 17.2 Å². The van der Waals surface area contributed by atoms with Crippen molar-refractivity contribution in [2.45, 2.75) is 20.1 Å². The van der Waals surface area contributed by atoms with Crippen molar-refractivity contribution in [2.75, 3.05) is 7.11 Å². The monoisotopic (exact) mass is 455 g/mol. The lowest BCUT2D eigenvalue weighted by Gasteiger charge is -2.15. The van der Waals surface area contributed by atoms with Gasteiger partial charge in [-0.05, 0) is 55.0 Å². The third kappa shape index (κ3) is 5.53. The van der Waals surface area contributed by atoms with Crippen LogP contribution in [0.3, 0.4) is 0 Å². The zero-order chi connectivity index (χ0) is 23.9. The van der Waals surface area contributed by atoms with E-state index in [-0.39, 0.29) is 12.2 Å². The van der Waals surface area contributed by atoms with Crippen molar-refractivity contribution in [3.63, 3.8) is 0 Å². The number of hydrogen-bond donors (Lipinski definition) is 1. The number of aromatic nitrogens is 1. The highest BCUT2D eigenvalue weighted by molar-refractivity contribution is 5.89. The Bertz CT molecular complexity index is 1270. The van der Waals surface area contributed by atoms with Gasteiger partial charge in [-0.1, -0.05) is 48.0 Å². The lowest BCUT2D eigenvalue weighted by molar-refractivity contribution is 0.0693. The molecular weight excluding hydrogens is 430 g/mol. The van der Waals surface area contributed by atoms with Crippen molar-refractivity contribution < 1.29 is 24.1 Å². The second kappa shape index (κ2) is 10.5. The van der Waals surface area contributed by atoms with Gasteiger partial charge in [0.1, 0.15) is 30.5 Å². The molecule has 0 radical (unpaired) electrons. The second-order valence-electron chi connectivity index (χ2n) is 7.73. The van der Waals surface area contributed by atoms with E-state index < -0.39 is 5.97 Å². The Morgan fingerprint density at radius 2 is 1.59 bits per heavy atom. The molecule has 34 heavy (non-hydrogen) atoms. The van der Waals surface area contributed by atoms with Crippen LogP contribution in [0, 0.1) is 6.92 Å². The van der Waals surface area contributed by atoms with Crippen molar-refractivity contribution in [1.82, 2.24) is 4.98 Å². The first kappa shape index (κ1) is 22.9. The summed E-state index contributed by atoms with van der Waals surface area (Å²) in [4.78, 5) is 16.5. The predicted octanol–water partition coefficient (Wildman–Crippen LogP) is 5.92. The summed E-state index contributed by atoms with van der Waals surface area (Å²) in [6.45, 7) is 2.39. The Morgan fingerprint density at radius 1 is 0.853 bits per heavy atom. The van der Waals surface area contributed by atoms with E-state index in [2.05, 4.69) is 4.98 Å². The van der Waals surface area contributed by atoms with Gasteiger partial charge in [0.25, 0.3) is 0 Å². The van der Waals surface area contributed by atoms with Gasteiger partial charge in [-0.2, -0.15) is 0 Å². The van der Waals surface area contributed by atoms with Crippen molar-refractivity contribution in [3.8, 4) is 28.5 Å². The lowest BCUT2D eigenvalue weighted by Crippen LogP contribution is -2.09. The zero-order valence-corrected chi connectivity index (χ0v) is 19.0. The fraction of sp³-hybridized carbons (Fsp3) is 0.143. The smallest absolute Gasteiger partial charge is 0.337 e. The van der Waals surface area contributed by atoms with Crippen LogP contribution in [-0.4, -0.2) is 23.2 Å². The van der Waals surface area contributed by atoms with E-state index in [1.54, 1.807) is 19.2 Å². The highest BCUT2D eigenvalue weighted by Crippen LogP contribution is 2.34. The molecule has 0 atom stereocenters. The molecule has 172 valence electrons. The van der Waals surface area contributed by atoms with E-state index in [0.29, 0.717) is 40.8 Å². The first-order valence-corrected chi connectivity index (χ1v) is 10.8. The topological polar surface area (TPSA) is 77.9 Å². The van der Waals surface area contributed by atoms with Gasteiger partial charge in [-0.25, -0.2) is 9.78 Å². The maximum absolute atomic E-state index is 11.8. The van der Waals surface area contributed by atoms with E-state index in [1.165, 1.54) is 0 Å². The van der Waals surface area contributed by atoms with Crippen LogP contribution in [-0.2, 0) is 13.2 Å². The molecule has 0 aliphatic rings. The molecule has 1 N–H and O–H groups in total. The van der Waals surface area contributed by atoms with Gasteiger partial charge in [0.05, 0.1) is 24.1 Å². The number of carboxylic acids is 1. The van der Waals surface area contributed by atoms with Crippen LogP contribution in [0.4, 0.5) is 0 Å². The highest BCUT2D eigenvalue weighted by atomic mass is 16.5. The van der Waals surface area contributed by atoms with Crippen LogP contribution in [0.25, 0.3) is 11.3 Å². The normalized spacial score (nSPS) is 10.5. The van der Waals surface area contributed by atoms with E-state index >= 15 is 0 Å². The van der Waals surface area contributed by atoms with Crippen LogP contribution in [0.2, 0.25) is 0 Å².